The van der Waals surface area contributed by atoms with Gasteiger partial charge in [0.25, 0.3) is 0 Å². The standard InChI is InChI=1S/C15H32N2/c1-5-10-17(11-6-2)15(12-16)9-7-8-13(3)14(15)4/h13-14H,5-12,16H2,1-4H3. The van der Waals surface area contributed by atoms with E-state index in [0.29, 0.717) is 0 Å². The van der Waals surface area contributed by atoms with Gasteiger partial charge in [0.1, 0.15) is 0 Å². The minimum Gasteiger partial charge on any atom is -0.329 e. The Morgan fingerprint density at radius 2 is 1.76 bits per heavy atom. The highest BCUT2D eigenvalue weighted by atomic mass is 15.2. The van der Waals surface area contributed by atoms with Gasteiger partial charge in [0.05, 0.1) is 0 Å². The van der Waals surface area contributed by atoms with Gasteiger partial charge in [-0.15, -0.1) is 0 Å². The molecule has 0 amide bonds. The number of hydrogen-bond donors (Lipinski definition) is 1. The first-order valence-electron chi connectivity index (χ1n) is 7.57. The fourth-order valence-corrected chi connectivity index (χ4v) is 3.70. The Morgan fingerprint density at radius 3 is 2.24 bits per heavy atom. The Hall–Kier alpha value is -0.0800. The lowest BCUT2D eigenvalue weighted by molar-refractivity contribution is -0.0110. The van der Waals surface area contributed by atoms with Crippen molar-refractivity contribution in [3.63, 3.8) is 0 Å². The van der Waals surface area contributed by atoms with Crippen molar-refractivity contribution in [2.75, 3.05) is 19.6 Å². The zero-order valence-electron chi connectivity index (χ0n) is 12.3. The summed E-state index contributed by atoms with van der Waals surface area (Å²) in [6.07, 6.45) is 6.52. The fraction of sp³-hybridized carbons (Fsp3) is 1.00. The summed E-state index contributed by atoms with van der Waals surface area (Å²) >= 11 is 0. The molecule has 0 heterocycles. The van der Waals surface area contributed by atoms with E-state index in [4.69, 9.17) is 5.73 Å². The number of rotatable bonds is 6. The van der Waals surface area contributed by atoms with Crippen molar-refractivity contribution in [2.45, 2.75) is 65.3 Å². The minimum absolute atomic E-state index is 0.281. The molecule has 2 heteroatoms. The van der Waals surface area contributed by atoms with E-state index in [9.17, 15) is 0 Å². The predicted molar refractivity (Wildman–Crippen MR) is 76.1 cm³/mol. The summed E-state index contributed by atoms with van der Waals surface area (Å²) in [6.45, 7) is 12.6. The van der Waals surface area contributed by atoms with E-state index in [1.807, 2.05) is 0 Å². The van der Waals surface area contributed by atoms with Crippen molar-refractivity contribution >= 4 is 0 Å². The smallest absolute Gasteiger partial charge is 0.0359 e. The summed E-state index contributed by atoms with van der Waals surface area (Å²) in [4.78, 5) is 2.70. The second-order valence-corrected chi connectivity index (χ2v) is 5.95. The first-order valence-corrected chi connectivity index (χ1v) is 7.57. The molecule has 3 atom stereocenters. The van der Waals surface area contributed by atoms with E-state index in [1.165, 1.54) is 45.2 Å². The molecule has 1 aliphatic carbocycles. The third kappa shape index (κ3) is 3.03. The molecule has 0 radical (unpaired) electrons. The largest absolute Gasteiger partial charge is 0.329 e. The van der Waals surface area contributed by atoms with E-state index in [0.717, 1.165) is 18.4 Å². The Labute approximate surface area is 108 Å². The van der Waals surface area contributed by atoms with E-state index >= 15 is 0 Å². The fourth-order valence-electron chi connectivity index (χ4n) is 3.70. The minimum atomic E-state index is 0.281. The van der Waals surface area contributed by atoms with Gasteiger partial charge in [-0.1, -0.05) is 40.5 Å². The first kappa shape index (κ1) is 15.0. The molecule has 0 aromatic heterocycles. The van der Waals surface area contributed by atoms with Gasteiger partial charge in [-0.25, -0.2) is 0 Å². The van der Waals surface area contributed by atoms with Crippen LogP contribution in [0.25, 0.3) is 0 Å². The highest BCUT2D eigenvalue weighted by Crippen LogP contribution is 2.41. The molecule has 0 saturated heterocycles. The summed E-state index contributed by atoms with van der Waals surface area (Å²) in [5, 5.41) is 0. The van der Waals surface area contributed by atoms with Crippen LogP contribution in [0.3, 0.4) is 0 Å². The Morgan fingerprint density at radius 1 is 1.18 bits per heavy atom. The second-order valence-electron chi connectivity index (χ2n) is 5.95. The third-order valence-electron chi connectivity index (χ3n) is 4.94. The second kappa shape index (κ2) is 6.75. The lowest BCUT2D eigenvalue weighted by Crippen LogP contribution is -2.61. The van der Waals surface area contributed by atoms with Crippen molar-refractivity contribution in [2.24, 2.45) is 17.6 Å². The van der Waals surface area contributed by atoms with Gasteiger partial charge in [-0.2, -0.15) is 0 Å². The molecular weight excluding hydrogens is 208 g/mol. The summed E-state index contributed by atoms with van der Waals surface area (Å²) in [5.41, 5.74) is 6.49. The van der Waals surface area contributed by atoms with Crippen LogP contribution in [-0.2, 0) is 0 Å². The Bertz CT molecular complexity index is 211. The molecule has 1 aliphatic rings. The van der Waals surface area contributed by atoms with Crippen molar-refractivity contribution in [1.82, 2.24) is 4.90 Å². The molecule has 0 bridgehead atoms. The highest BCUT2D eigenvalue weighted by molar-refractivity contribution is 5.00. The molecular formula is C15H32N2. The van der Waals surface area contributed by atoms with Gasteiger partial charge in [0, 0.05) is 12.1 Å². The Balaban J connectivity index is 2.89. The average molecular weight is 240 g/mol. The first-order chi connectivity index (χ1) is 8.12. The predicted octanol–water partition coefficient (Wildman–Crippen LogP) is 3.26. The van der Waals surface area contributed by atoms with E-state index in [2.05, 4.69) is 32.6 Å². The van der Waals surface area contributed by atoms with Crippen LogP contribution in [0, 0.1) is 11.8 Å². The van der Waals surface area contributed by atoms with Crippen LogP contribution in [0.1, 0.15) is 59.8 Å². The maximum absolute atomic E-state index is 6.21. The molecule has 0 aliphatic heterocycles. The van der Waals surface area contributed by atoms with Gasteiger partial charge in [-0.05, 0) is 44.2 Å². The topological polar surface area (TPSA) is 29.3 Å². The normalized spacial score (nSPS) is 34.2. The van der Waals surface area contributed by atoms with Gasteiger partial charge < -0.3 is 5.73 Å². The van der Waals surface area contributed by atoms with Gasteiger partial charge in [-0.3, -0.25) is 4.90 Å². The zero-order chi connectivity index (χ0) is 12.9. The SMILES string of the molecule is CCCN(CCC)C1(CN)CCCC(C)C1C. The molecule has 2 nitrogen and oxygen atoms in total. The molecule has 102 valence electrons. The zero-order valence-corrected chi connectivity index (χ0v) is 12.3. The van der Waals surface area contributed by atoms with Crippen LogP contribution in [0.2, 0.25) is 0 Å². The lowest BCUT2D eigenvalue weighted by atomic mass is 9.67. The molecule has 17 heavy (non-hydrogen) atoms. The van der Waals surface area contributed by atoms with Crippen LogP contribution < -0.4 is 5.73 Å². The summed E-state index contributed by atoms with van der Waals surface area (Å²) in [6, 6.07) is 0. The van der Waals surface area contributed by atoms with Crippen molar-refractivity contribution in [3.8, 4) is 0 Å². The van der Waals surface area contributed by atoms with E-state index in [1.54, 1.807) is 0 Å². The molecule has 0 aromatic carbocycles. The van der Waals surface area contributed by atoms with Crippen LogP contribution in [-0.4, -0.2) is 30.1 Å². The summed E-state index contributed by atoms with van der Waals surface area (Å²) in [7, 11) is 0. The Kier molecular flexibility index (Phi) is 5.94. The molecule has 2 N–H and O–H groups in total. The maximum Gasteiger partial charge on any atom is 0.0359 e. The molecule has 0 spiro atoms. The molecule has 1 fully saturated rings. The number of nitrogens with two attached hydrogens (primary N) is 1. The monoisotopic (exact) mass is 240 g/mol. The quantitative estimate of drug-likeness (QED) is 0.772. The van der Waals surface area contributed by atoms with Gasteiger partial charge in [0.2, 0.25) is 0 Å². The van der Waals surface area contributed by atoms with Crippen molar-refractivity contribution < 1.29 is 0 Å². The van der Waals surface area contributed by atoms with E-state index in [-0.39, 0.29) is 5.54 Å². The van der Waals surface area contributed by atoms with Crippen molar-refractivity contribution in [1.29, 1.82) is 0 Å². The van der Waals surface area contributed by atoms with Crippen LogP contribution in [0.15, 0.2) is 0 Å². The highest BCUT2D eigenvalue weighted by Gasteiger charge is 2.44. The summed E-state index contributed by atoms with van der Waals surface area (Å²) < 4.78 is 0. The van der Waals surface area contributed by atoms with Gasteiger partial charge in [0.15, 0.2) is 0 Å². The van der Waals surface area contributed by atoms with Crippen LogP contribution in [0.5, 0.6) is 0 Å². The third-order valence-corrected chi connectivity index (χ3v) is 4.94. The number of hydrogen-bond acceptors (Lipinski definition) is 2. The van der Waals surface area contributed by atoms with Crippen LogP contribution >= 0.6 is 0 Å². The van der Waals surface area contributed by atoms with Gasteiger partial charge >= 0.3 is 0 Å². The maximum atomic E-state index is 6.21. The lowest BCUT2D eigenvalue weighted by Gasteiger charge is -2.52. The molecule has 3 unspecified atom stereocenters. The van der Waals surface area contributed by atoms with Crippen LogP contribution in [0.4, 0.5) is 0 Å². The molecule has 1 saturated carbocycles. The molecule has 1 rings (SSSR count). The van der Waals surface area contributed by atoms with E-state index < -0.39 is 0 Å². The molecule has 0 aromatic rings. The summed E-state index contributed by atoms with van der Waals surface area (Å²) in [5.74, 6) is 1.56. The number of nitrogens with zero attached hydrogens (tertiary/aromatic N) is 1. The average Bonchev–Trinajstić information content (AvgIpc) is 2.33. The van der Waals surface area contributed by atoms with Crippen molar-refractivity contribution in [3.05, 3.63) is 0 Å².